The predicted octanol–water partition coefficient (Wildman–Crippen LogP) is 5.06. The van der Waals surface area contributed by atoms with Gasteiger partial charge in [0.1, 0.15) is 11.3 Å². The largest absolute Gasteiger partial charge is 0.476 e. The first-order valence-electron chi connectivity index (χ1n) is 9.05. The van der Waals surface area contributed by atoms with Gasteiger partial charge in [-0.05, 0) is 49.9 Å². The lowest BCUT2D eigenvalue weighted by molar-refractivity contribution is -0.147. The number of benzene rings is 1. The van der Waals surface area contributed by atoms with Gasteiger partial charge in [0.15, 0.2) is 6.73 Å². The van der Waals surface area contributed by atoms with Crippen LogP contribution in [0.1, 0.15) is 37.6 Å². The van der Waals surface area contributed by atoms with E-state index in [0.717, 1.165) is 10.4 Å². The minimum atomic E-state index is -1.12. The summed E-state index contributed by atoms with van der Waals surface area (Å²) in [4.78, 5) is 28.7. The van der Waals surface area contributed by atoms with E-state index in [1.54, 1.807) is 26.0 Å². The molecule has 3 rings (SSSR count). The number of hydrogen-bond acceptors (Lipinski definition) is 4. The number of carbonyl (C=O) groups excluding carboxylic acids is 2. The van der Waals surface area contributed by atoms with Crippen molar-refractivity contribution in [2.45, 2.75) is 39.7 Å². The molecular weight excluding hydrogens is 396 g/mol. The highest BCUT2D eigenvalue weighted by Gasteiger charge is 2.42. The third-order valence-electron chi connectivity index (χ3n) is 4.87. The summed E-state index contributed by atoms with van der Waals surface area (Å²) in [6, 6.07) is 9.09. The first kappa shape index (κ1) is 20.4. The summed E-state index contributed by atoms with van der Waals surface area (Å²) in [5.74, 6) is 0.152. The van der Waals surface area contributed by atoms with Gasteiger partial charge >= 0.3 is 0 Å². The topological polar surface area (TPSA) is 58.6 Å². The maximum atomic E-state index is 13.3. The number of nitrogens with zero attached hydrogens (tertiary/aromatic N) is 1. The number of rotatable bonds is 5. The molecule has 1 aliphatic rings. The molecule has 0 saturated carbocycles. The lowest BCUT2D eigenvalue weighted by Crippen LogP contribution is -2.57. The van der Waals surface area contributed by atoms with Crippen LogP contribution in [0.5, 0.6) is 0 Å². The van der Waals surface area contributed by atoms with Gasteiger partial charge in [0.2, 0.25) is 5.91 Å². The summed E-state index contributed by atoms with van der Waals surface area (Å²) < 4.78 is 5.87. The molecule has 2 aromatic rings. The van der Waals surface area contributed by atoms with Crippen LogP contribution < -0.4 is 5.32 Å². The van der Waals surface area contributed by atoms with Gasteiger partial charge in [-0.1, -0.05) is 30.7 Å². The van der Waals surface area contributed by atoms with Crippen LogP contribution in [-0.4, -0.2) is 29.0 Å². The zero-order chi connectivity index (χ0) is 20.5. The molecular formula is C21H23ClN2O3S. The molecule has 148 valence electrons. The second-order valence-electron chi connectivity index (χ2n) is 7.11. The van der Waals surface area contributed by atoms with E-state index in [1.165, 1.54) is 16.2 Å². The Morgan fingerprint density at radius 2 is 2.11 bits per heavy atom. The van der Waals surface area contributed by atoms with Crippen LogP contribution in [0.15, 0.2) is 41.5 Å². The third-order valence-corrected chi connectivity index (χ3v) is 6.00. The Labute approximate surface area is 173 Å². The van der Waals surface area contributed by atoms with Crippen molar-refractivity contribution in [3.8, 4) is 0 Å². The van der Waals surface area contributed by atoms with Crippen molar-refractivity contribution >= 4 is 46.0 Å². The van der Waals surface area contributed by atoms with Crippen molar-refractivity contribution in [3.05, 3.63) is 56.9 Å². The number of aryl methyl sites for hydroxylation is 1. The maximum Gasteiger partial charge on any atom is 0.262 e. The molecule has 0 saturated heterocycles. The summed E-state index contributed by atoms with van der Waals surface area (Å²) in [6.07, 6.45) is 0.612. The molecule has 0 atom stereocenters. The van der Waals surface area contributed by atoms with Crippen LogP contribution in [-0.2, 0) is 14.3 Å². The third kappa shape index (κ3) is 3.80. The van der Waals surface area contributed by atoms with E-state index >= 15 is 0 Å². The maximum absolute atomic E-state index is 13.3. The quantitative estimate of drug-likeness (QED) is 0.737. The molecule has 0 unspecified atom stereocenters. The lowest BCUT2D eigenvalue weighted by atomic mass is 9.98. The van der Waals surface area contributed by atoms with Crippen LogP contribution >= 0.6 is 22.9 Å². The number of allylic oxidation sites excluding steroid dienone is 1. The number of thiophene rings is 1. The van der Waals surface area contributed by atoms with Crippen LogP contribution in [0, 0.1) is 6.92 Å². The summed E-state index contributed by atoms with van der Waals surface area (Å²) in [6.45, 7) is 7.30. The van der Waals surface area contributed by atoms with Crippen molar-refractivity contribution < 1.29 is 14.3 Å². The Morgan fingerprint density at radius 3 is 2.75 bits per heavy atom. The van der Waals surface area contributed by atoms with Gasteiger partial charge in [-0.15, -0.1) is 11.3 Å². The molecule has 28 heavy (non-hydrogen) atoms. The van der Waals surface area contributed by atoms with E-state index in [4.69, 9.17) is 16.3 Å². The molecule has 1 aromatic heterocycles. The molecule has 2 heterocycles. The second kappa shape index (κ2) is 7.97. The molecule has 0 aliphatic carbocycles. The monoisotopic (exact) mass is 418 g/mol. The number of amides is 2. The van der Waals surface area contributed by atoms with Crippen molar-refractivity contribution in [1.82, 2.24) is 4.90 Å². The number of anilines is 1. The number of ether oxygens (including phenoxy) is 1. The normalized spacial score (nSPS) is 14.9. The molecule has 1 aliphatic heterocycles. The summed E-state index contributed by atoms with van der Waals surface area (Å²) in [5.41, 5.74) is 0.929. The number of hydrogen-bond donors (Lipinski definition) is 1. The Bertz CT molecular complexity index is 935. The SMILES string of the molecule is CCC1=C(c2cccs2)C(=O)N(C(C)(C)C(=O)Nc2cc(Cl)ccc2C)CO1. The number of carbonyl (C=O) groups is 2. The van der Waals surface area contributed by atoms with Crippen LogP contribution in [0.2, 0.25) is 5.02 Å². The molecule has 1 aromatic carbocycles. The second-order valence-corrected chi connectivity index (χ2v) is 8.49. The van der Waals surface area contributed by atoms with Crippen LogP contribution in [0.25, 0.3) is 5.57 Å². The molecule has 5 nitrogen and oxygen atoms in total. The first-order chi connectivity index (χ1) is 13.3. The summed E-state index contributed by atoms with van der Waals surface area (Å²) in [7, 11) is 0. The smallest absolute Gasteiger partial charge is 0.262 e. The number of nitrogens with one attached hydrogen (secondary N) is 1. The molecule has 0 bridgehead atoms. The van der Waals surface area contributed by atoms with Crippen molar-refractivity contribution in [2.75, 3.05) is 12.0 Å². The lowest BCUT2D eigenvalue weighted by Gasteiger charge is -2.40. The van der Waals surface area contributed by atoms with Crippen molar-refractivity contribution in [2.24, 2.45) is 0 Å². The average molecular weight is 419 g/mol. The standard InChI is InChI=1S/C21H23ClN2O3S/c1-5-16-18(17-7-6-10-28-17)19(25)24(12-27-16)21(3,4)20(26)23-15-11-14(22)9-8-13(15)2/h6-11H,5,12H2,1-4H3,(H,23,26). The van der Waals surface area contributed by atoms with Gasteiger partial charge in [0, 0.05) is 22.0 Å². The zero-order valence-corrected chi connectivity index (χ0v) is 17.9. The van der Waals surface area contributed by atoms with E-state index in [1.807, 2.05) is 37.4 Å². The Balaban J connectivity index is 1.89. The van der Waals surface area contributed by atoms with Crippen LogP contribution in [0.4, 0.5) is 5.69 Å². The fraction of sp³-hybridized carbons (Fsp3) is 0.333. The Kier molecular flexibility index (Phi) is 5.82. The zero-order valence-electron chi connectivity index (χ0n) is 16.3. The van der Waals surface area contributed by atoms with E-state index in [-0.39, 0.29) is 18.5 Å². The fourth-order valence-corrected chi connectivity index (χ4v) is 3.96. The minimum Gasteiger partial charge on any atom is -0.476 e. The molecule has 0 radical (unpaired) electrons. The number of halogens is 1. The highest BCUT2D eigenvalue weighted by molar-refractivity contribution is 7.11. The van der Waals surface area contributed by atoms with Gasteiger partial charge in [0.05, 0.1) is 5.57 Å². The highest BCUT2D eigenvalue weighted by Crippen LogP contribution is 2.34. The molecule has 0 spiro atoms. The Hall–Kier alpha value is -2.31. The summed E-state index contributed by atoms with van der Waals surface area (Å²) in [5, 5.41) is 5.35. The Morgan fingerprint density at radius 1 is 1.36 bits per heavy atom. The molecule has 2 amide bonds. The predicted molar refractivity (Wildman–Crippen MR) is 113 cm³/mol. The van der Waals surface area contributed by atoms with Gasteiger partial charge in [-0.3, -0.25) is 14.5 Å². The molecule has 1 N–H and O–H groups in total. The fourth-order valence-electron chi connectivity index (χ4n) is 3.01. The van der Waals surface area contributed by atoms with E-state index in [0.29, 0.717) is 28.5 Å². The van der Waals surface area contributed by atoms with Gasteiger partial charge in [-0.2, -0.15) is 0 Å². The van der Waals surface area contributed by atoms with Gasteiger partial charge in [0.25, 0.3) is 5.91 Å². The molecule has 0 fully saturated rings. The minimum absolute atomic E-state index is 0.0336. The van der Waals surface area contributed by atoms with Crippen molar-refractivity contribution in [1.29, 1.82) is 0 Å². The summed E-state index contributed by atoms with van der Waals surface area (Å²) >= 11 is 7.53. The highest BCUT2D eigenvalue weighted by atomic mass is 35.5. The first-order valence-corrected chi connectivity index (χ1v) is 10.3. The average Bonchev–Trinajstić information content (AvgIpc) is 3.18. The van der Waals surface area contributed by atoms with E-state index in [2.05, 4.69) is 5.32 Å². The van der Waals surface area contributed by atoms with E-state index < -0.39 is 5.54 Å². The van der Waals surface area contributed by atoms with Gasteiger partial charge < -0.3 is 10.1 Å². The van der Waals surface area contributed by atoms with Gasteiger partial charge in [-0.25, -0.2) is 0 Å². The molecule has 7 heteroatoms. The van der Waals surface area contributed by atoms with Crippen LogP contribution in [0.3, 0.4) is 0 Å². The van der Waals surface area contributed by atoms with Crippen molar-refractivity contribution in [3.63, 3.8) is 0 Å². The van der Waals surface area contributed by atoms with E-state index in [9.17, 15) is 9.59 Å².